The predicted octanol–water partition coefficient (Wildman–Crippen LogP) is 1.56. The molecule has 16 heavy (non-hydrogen) atoms. The molecule has 2 unspecified atom stereocenters. The molecule has 0 aliphatic heterocycles. The van der Waals surface area contributed by atoms with Crippen LogP contribution in [-0.2, 0) is 11.2 Å². The van der Waals surface area contributed by atoms with E-state index in [1.807, 2.05) is 6.92 Å². The van der Waals surface area contributed by atoms with Crippen LogP contribution in [0.2, 0.25) is 0 Å². The quantitative estimate of drug-likeness (QED) is 0.588. The van der Waals surface area contributed by atoms with Gasteiger partial charge >= 0.3 is 0 Å². The van der Waals surface area contributed by atoms with Crippen molar-refractivity contribution in [2.24, 2.45) is 5.84 Å². The SMILES string of the molecule is CCC(OC)C(Cc1nc(C)c(C)s1)NN. The van der Waals surface area contributed by atoms with Crippen LogP contribution < -0.4 is 11.3 Å². The topological polar surface area (TPSA) is 60.2 Å². The number of nitrogens with two attached hydrogens (primary N) is 1. The van der Waals surface area contributed by atoms with E-state index in [-0.39, 0.29) is 12.1 Å². The second kappa shape index (κ2) is 6.30. The third-order valence-corrected chi connectivity index (χ3v) is 3.93. The van der Waals surface area contributed by atoms with E-state index in [4.69, 9.17) is 10.6 Å². The Hall–Kier alpha value is -0.490. The summed E-state index contributed by atoms with van der Waals surface area (Å²) < 4.78 is 5.40. The van der Waals surface area contributed by atoms with E-state index in [2.05, 4.69) is 24.3 Å². The number of thiazole rings is 1. The lowest BCUT2D eigenvalue weighted by Gasteiger charge is -2.23. The van der Waals surface area contributed by atoms with Crippen LogP contribution in [-0.4, -0.2) is 24.2 Å². The van der Waals surface area contributed by atoms with Crippen molar-refractivity contribution >= 4 is 11.3 Å². The van der Waals surface area contributed by atoms with Gasteiger partial charge in [0.05, 0.1) is 22.8 Å². The number of aryl methyl sites for hydroxylation is 2. The van der Waals surface area contributed by atoms with Gasteiger partial charge in [-0.2, -0.15) is 0 Å². The van der Waals surface area contributed by atoms with E-state index >= 15 is 0 Å². The second-order valence-corrected chi connectivity index (χ2v) is 5.20. The van der Waals surface area contributed by atoms with Crippen molar-refractivity contribution in [2.75, 3.05) is 7.11 Å². The van der Waals surface area contributed by atoms with Gasteiger partial charge in [0.1, 0.15) is 0 Å². The van der Waals surface area contributed by atoms with Crippen molar-refractivity contribution in [1.82, 2.24) is 10.4 Å². The minimum atomic E-state index is 0.125. The van der Waals surface area contributed by atoms with Gasteiger partial charge in [0.2, 0.25) is 0 Å². The molecule has 0 saturated carbocycles. The number of nitrogens with zero attached hydrogens (tertiary/aromatic N) is 1. The smallest absolute Gasteiger partial charge is 0.0947 e. The molecule has 1 heterocycles. The molecule has 92 valence electrons. The molecule has 0 aliphatic rings. The molecule has 0 aliphatic carbocycles. The third kappa shape index (κ3) is 3.25. The van der Waals surface area contributed by atoms with E-state index in [9.17, 15) is 0 Å². The molecule has 0 aromatic carbocycles. The lowest BCUT2D eigenvalue weighted by Crippen LogP contribution is -2.46. The molecule has 5 heteroatoms. The fraction of sp³-hybridized carbons (Fsp3) is 0.727. The maximum absolute atomic E-state index is 5.56. The van der Waals surface area contributed by atoms with Crippen LogP contribution in [0.1, 0.15) is 28.9 Å². The van der Waals surface area contributed by atoms with E-state index in [0.717, 1.165) is 23.5 Å². The highest BCUT2D eigenvalue weighted by atomic mass is 32.1. The number of aromatic nitrogens is 1. The molecule has 2 atom stereocenters. The van der Waals surface area contributed by atoms with Gasteiger partial charge in [-0.05, 0) is 20.3 Å². The summed E-state index contributed by atoms with van der Waals surface area (Å²) in [4.78, 5) is 5.79. The molecule has 0 fully saturated rings. The van der Waals surface area contributed by atoms with Crippen LogP contribution in [0.15, 0.2) is 0 Å². The Labute approximate surface area is 101 Å². The Morgan fingerprint density at radius 1 is 1.50 bits per heavy atom. The number of hydrogen-bond donors (Lipinski definition) is 2. The molecule has 0 radical (unpaired) electrons. The van der Waals surface area contributed by atoms with E-state index in [1.165, 1.54) is 4.88 Å². The summed E-state index contributed by atoms with van der Waals surface area (Å²) >= 11 is 1.73. The molecule has 0 saturated heterocycles. The highest BCUT2D eigenvalue weighted by Crippen LogP contribution is 2.19. The first kappa shape index (κ1) is 13.6. The van der Waals surface area contributed by atoms with Crippen LogP contribution in [0.25, 0.3) is 0 Å². The zero-order valence-corrected chi connectivity index (χ0v) is 11.2. The molecule has 4 nitrogen and oxygen atoms in total. The number of hydrogen-bond acceptors (Lipinski definition) is 5. The molecule has 0 amide bonds. The first-order chi connectivity index (χ1) is 7.62. The number of methoxy groups -OCH3 is 1. The maximum Gasteiger partial charge on any atom is 0.0947 e. The van der Waals surface area contributed by atoms with Gasteiger partial charge in [-0.3, -0.25) is 11.3 Å². The van der Waals surface area contributed by atoms with E-state index < -0.39 is 0 Å². The Morgan fingerprint density at radius 3 is 2.56 bits per heavy atom. The van der Waals surface area contributed by atoms with Gasteiger partial charge in [-0.15, -0.1) is 11.3 Å². The van der Waals surface area contributed by atoms with Crippen molar-refractivity contribution < 1.29 is 4.74 Å². The van der Waals surface area contributed by atoms with E-state index in [1.54, 1.807) is 18.4 Å². The fourth-order valence-corrected chi connectivity index (χ4v) is 2.72. The minimum absolute atomic E-state index is 0.125. The van der Waals surface area contributed by atoms with Gasteiger partial charge in [0.15, 0.2) is 0 Å². The van der Waals surface area contributed by atoms with Gasteiger partial charge < -0.3 is 4.74 Å². The number of hydrazine groups is 1. The second-order valence-electron chi connectivity index (χ2n) is 3.91. The molecular formula is C11H21N3OS. The first-order valence-corrected chi connectivity index (χ1v) is 6.35. The van der Waals surface area contributed by atoms with Crippen molar-refractivity contribution in [3.63, 3.8) is 0 Å². The van der Waals surface area contributed by atoms with Crippen LogP contribution in [0.3, 0.4) is 0 Å². The third-order valence-electron chi connectivity index (χ3n) is 2.84. The zero-order chi connectivity index (χ0) is 12.1. The largest absolute Gasteiger partial charge is 0.380 e. The normalized spacial score (nSPS) is 15.1. The van der Waals surface area contributed by atoms with Crippen LogP contribution in [0.4, 0.5) is 0 Å². The van der Waals surface area contributed by atoms with Crippen molar-refractivity contribution in [3.05, 3.63) is 15.6 Å². The van der Waals surface area contributed by atoms with Gasteiger partial charge in [0, 0.05) is 18.4 Å². The molecule has 1 aromatic rings. The summed E-state index contributed by atoms with van der Waals surface area (Å²) in [5, 5.41) is 1.12. The molecule has 0 spiro atoms. The summed E-state index contributed by atoms with van der Waals surface area (Å²) in [5.41, 5.74) is 3.94. The van der Waals surface area contributed by atoms with Gasteiger partial charge in [-0.25, -0.2) is 4.98 Å². The number of nitrogens with one attached hydrogen (secondary N) is 1. The van der Waals surface area contributed by atoms with Crippen LogP contribution in [0, 0.1) is 13.8 Å². The summed E-state index contributed by atoms with van der Waals surface area (Å²) in [6.07, 6.45) is 1.89. The number of rotatable bonds is 6. The van der Waals surface area contributed by atoms with Gasteiger partial charge in [0.25, 0.3) is 0 Å². The summed E-state index contributed by atoms with van der Waals surface area (Å²) in [6.45, 7) is 6.22. The molecule has 1 rings (SSSR count). The molecule has 1 aromatic heterocycles. The molecular weight excluding hydrogens is 222 g/mol. The Balaban J connectivity index is 2.69. The number of ether oxygens (including phenoxy) is 1. The highest BCUT2D eigenvalue weighted by molar-refractivity contribution is 7.11. The maximum atomic E-state index is 5.56. The van der Waals surface area contributed by atoms with Crippen molar-refractivity contribution in [3.8, 4) is 0 Å². The lowest BCUT2D eigenvalue weighted by molar-refractivity contribution is 0.0653. The minimum Gasteiger partial charge on any atom is -0.380 e. The molecule has 0 bridgehead atoms. The summed E-state index contributed by atoms with van der Waals surface area (Å²) in [7, 11) is 1.72. The Bertz CT molecular complexity index is 304. The zero-order valence-electron chi connectivity index (χ0n) is 10.4. The predicted molar refractivity (Wildman–Crippen MR) is 67.5 cm³/mol. The van der Waals surface area contributed by atoms with Crippen LogP contribution in [0.5, 0.6) is 0 Å². The average Bonchev–Trinajstić information content (AvgIpc) is 2.58. The highest BCUT2D eigenvalue weighted by Gasteiger charge is 2.20. The monoisotopic (exact) mass is 243 g/mol. The lowest BCUT2D eigenvalue weighted by atomic mass is 10.1. The summed E-state index contributed by atoms with van der Waals surface area (Å²) in [5.74, 6) is 5.56. The van der Waals surface area contributed by atoms with Gasteiger partial charge in [-0.1, -0.05) is 6.92 Å². The fourth-order valence-electron chi connectivity index (χ4n) is 1.73. The average molecular weight is 243 g/mol. The van der Waals surface area contributed by atoms with Crippen molar-refractivity contribution in [1.29, 1.82) is 0 Å². The van der Waals surface area contributed by atoms with Crippen LogP contribution >= 0.6 is 11.3 Å². The van der Waals surface area contributed by atoms with E-state index in [0.29, 0.717) is 0 Å². The standard InChI is InChI=1S/C11H21N3OS/c1-5-10(15-4)9(14-12)6-11-13-7(2)8(3)16-11/h9-10,14H,5-6,12H2,1-4H3. The van der Waals surface area contributed by atoms with Crippen molar-refractivity contribution in [2.45, 2.75) is 45.8 Å². The Kier molecular flexibility index (Phi) is 5.34. The summed E-state index contributed by atoms with van der Waals surface area (Å²) in [6, 6.07) is 0.125. The molecule has 3 N–H and O–H groups in total. The first-order valence-electron chi connectivity index (χ1n) is 5.54. The Morgan fingerprint density at radius 2 is 2.19 bits per heavy atom.